The van der Waals surface area contributed by atoms with Gasteiger partial charge < -0.3 is 19.7 Å². The highest BCUT2D eigenvalue weighted by molar-refractivity contribution is 6.02. The van der Waals surface area contributed by atoms with Crippen LogP contribution in [0.2, 0.25) is 0 Å². The number of amides is 3. The summed E-state index contributed by atoms with van der Waals surface area (Å²) in [4.78, 5) is 30.6. The lowest BCUT2D eigenvalue weighted by Gasteiger charge is -2.38. The number of carbonyl (C=O) groups excluding carboxylic acids is 2. The molecule has 184 valence electrons. The van der Waals surface area contributed by atoms with Gasteiger partial charge in [-0.2, -0.15) is 0 Å². The molecular weight excluding hydrogens is 448 g/mol. The van der Waals surface area contributed by atoms with Crippen molar-refractivity contribution in [2.24, 2.45) is 0 Å². The molecule has 0 unspecified atom stereocenters. The van der Waals surface area contributed by atoms with Crippen LogP contribution in [0.15, 0.2) is 85.1 Å². The number of aryl methyl sites for hydroxylation is 1. The fourth-order valence-corrected chi connectivity index (χ4v) is 5.06. The van der Waals surface area contributed by atoms with Crippen molar-refractivity contribution in [1.82, 2.24) is 14.4 Å². The van der Waals surface area contributed by atoms with Crippen molar-refractivity contribution >= 4 is 28.4 Å². The van der Waals surface area contributed by atoms with E-state index >= 15 is 0 Å². The first-order chi connectivity index (χ1) is 17.5. The second-order valence-corrected chi connectivity index (χ2v) is 9.41. The smallest absolute Gasteiger partial charge is 0.322 e. The zero-order valence-electron chi connectivity index (χ0n) is 20.9. The Bertz CT molecular complexity index is 1370. The Kier molecular flexibility index (Phi) is 6.76. The molecule has 1 N–H and O–H groups in total. The number of urea groups is 1. The molecule has 4 aromatic rings. The molecule has 36 heavy (non-hydrogen) atoms. The van der Waals surface area contributed by atoms with Gasteiger partial charge in [0.05, 0.1) is 11.7 Å². The molecule has 3 amide bonds. The van der Waals surface area contributed by atoms with E-state index in [1.165, 1.54) is 5.56 Å². The van der Waals surface area contributed by atoms with Crippen molar-refractivity contribution in [1.29, 1.82) is 0 Å². The third-order valence-corrected chi connectivity index (χ3v) is 6.89. The molecule has 0 fully saturated rings. The summed E-state index contributed by atoms with van der Waals surface area (Å²) in [6.07, 6.45) is 2.83. The van der Waals surface area contributed by atoms with Gasteiger partial charge in [-0.1, -0.05) is 73.2 Å². The average Bonchev–Trinajstić information content (AvgIpc) is 3.37. The first-order valence-corrected chi connectivity index (χ1v) is 12.6. The van der Waals surface area contributed by atoms with E-state index in [1.54, 1.807) is 4.90 Å². The standard InChI is InChI=1S/C30H32N4O2/c1-3-17-33(30(36)31-26-11-6-9-23-8-4-5-10-25(23)26)21-28(35)34-20-19-32-18-7-12-27(32)29(34)24-15-13-22(2)14-16-24/h4-16,18,29H,3,17,19-21H2,1-2H3,(H,31,36)/t29-/m0/s1. The largest absolute Gasteiger partial charge is 0.348 e. The van der Waals surface area contributed by atoms with Crippen LogP contribution in [0.4, 0.5) is 10.5 Å². The van der Waals surface area contributed by atoms with Crippen molar-refractivity contribution in [2.75, 3.05) is 25.0 Å². The monoisotopic (exact) mass is 480 g/mol. The molecule has 0 radical (unpaired) electrons. The maximum Gasteiger partial charge on any atom is 0.322 e. The number of benzene rings is 3. The third kappa shape index (κ3) is 4.71. The summed E-state index contributed by atoms with van der Waals surface area (Å²) in [7, 11) is 0. The van der Waals surface area contributed by atoms with E-state index in [2.05, 4.69) is 53.3 Å². The van der Waals surface area contributed by atoms with Crippen LogP contribution in [0.5, 0.6) is 0 Å². The summed E-state index contributed by atoms with van der Waals surface area (Å²) in [5, 5.41) is 5.09. The lowest BCUT2D eigenvalue weighted by atomic mass is 9.98. The fraction of sp³-hybridized carbons (Fsp3) is 0.267. The van der Waals surface area contributed by atoms with Gasteiger partial charge in [0.15, 0.2) is 0 Å². The van der Waals surface area contributed by atoms with Crippen LogP contribution < -0.4 is 5.32 Å². The lowest BCUT2D eigenvalue weighted by Crippen LogP contribution is -2.48. The van der Waals surface area contributed by atoms with Gasteiger partial charge in [-0.05, 0) is 42.5 Å². The lowest BCUT2D eigenvalue weighted by molar-refractivity contribution is -0.134. The second kappa shape index (κ2) is 10.3. The normalized spacial score (nSPS) is 14.9. The number of carbonyl (C=O) groups is 2. The number of fused-ring (bicyclic) bond motifs is 2. The highest BCUT2D eigenvalue weighted by Crippen LogP contribution is 2.33. The Morgan fingerprint density at radius 3 is 2.53 bits per heavy atom. The average molecular weight is 481 g/mol. The predicted molar refractivity (Wildman–Crippen MR) is 144 cm³/mol. The minimum atomic E-state index is -0.256. The summed E-state index contributed by atoms with van der Waals surface area (Å²) in [6, 6.07) is 25.9. The van der Waals surface area contributed by atoms with Crippen molar-refractivity contribution in [3.8, 4) is 0 Å². The molecule has 0 bridgehead atoms. The van der Waals surface area contributed by atoms with E-state index in [0.717, 1.165) is 40.7 Å². The molecule has 6 nitrogen and oxygen atoms in total. The first kappa shape index (κ1) is 23.7. The number of anilines is 1. The van der Waals surface area contributed by atoms with Gasteiger partial charge in [-0.25, -0.2) is 4.79 Å². The number of hydrogen-bond acceptors (Lipinski definition) is 2. The van der Waals surface area contributed by atoms with E-state index in [9.17, 15) is 9.59 Å². The summed E-state index contributed by atoms with van der Waals surface area (Å²) in [6.45, 7) is 5.96. The zero-order chi connectivity index (χ0) is 25.1. The number of hydrogen-bond donors (Lipinski definition) is 1. The van der Waals surface area contributed by atoms with Gasteiger partial charge >= 0.3 is 6.03 Å². The third-order valence-electron chi connectivity index (χ3n) is 6.89. The Balaban J connectivity index is 1.38. The van der Waals surface area contributed by atoms with E-state index in [0.29, 0.717) is 13.1 Å². The van der Waals surface area contributed by atoms with Crippen LogP contribution in [0.3, 0.4) is 0 Å². The Morgan fingerprint density at radius 1 is 0.944 bits per heavy atom. The van der Waals surface area contributed by atoms with Crippen LogP contribution in [-0.2, 0) is 11.3 Å². The van der Waals surface area contributed by atoms with Gasteiger partial charge in [0.25, 0.3) is 0 Å². The van der Waals surface area contributed by atoms with Gasteiger partial charge in [0, 0.05) is 36.9 Å². The second-order valence-electron chi connectivity index (χ2n) is 9.41. The van der Waals surface area contributed by atoms with Gasteiger partial charge in [-0.15, -0.1) is 0 Å². The Hall–Kier alpha value is -4.06. The number of nitrogens with one attached hydrogen (secondary N) is 1. The molecule has 0 spiro atoms. The maximum atomic E-state index is 13.7. The van der Waals surface area contributed by atoms with Crippen LogP contribution >= 0.6 is 0 Å². The summed E-state index contributed by atoms with van der Waals surface area (Å²) >= 11 is 0. The fourth-order valence-electron chi connectivity index (χ4n) is 5.06. The minimum Gasteiger partial charge on any atom is -0.348 e. The Labute approximate surface area is 212 Å². The van der Waals surface area contributed by atoms with Gasteiger partial charge in [-0.3, -0.25) is 4.79 Å². The molecule has 0 saturated carbocycles. The highest BCUT2D eigenvalue weighted by Gasteiger charge is 2.33. The van der Waals surface area contributed by atoms with Crippen LogP contribution in [-0.4, -0.2) is 45.9 Å². The van der Waals surface area contributed by atoms with Gasteiger partial charge in [0.1, 0.15) is 6.54 Å². The molecule has 1 aliphatic heterocycles. The van der Waals surface area contributed by atoms with Gasteiger partial charge in [0.2, 0.25) is 5.91 Å². The highest BCUT2D eigenvalue weighted by atomic mass is 16.2. The summed E-state index contributed by atoms with van der Waals surface area (Å²) < 4.78 is 2.21. The first-order valence-electron chi connectivity index (χ1n) is 12.6. The summed E-state index contributed by atoms with van der Waals surface area (Å²) in [5.74, 6) is -0.0467. The van der Waals surface area contributed by atoms with E-state index in [-0.39, 0.29) is 24.5 Å². The minimum absolute atomic E-state index is 0.0352. The zero-order valence-corrected chi connectivity index (χ0v) is 20.9. The van der Waals surface area contributed by atoms with Crippen molar-refractivity contribution in [3.63, 3.8) is 0 Å². The van der Waals surface area contributed by atoms with E-state index in [4.69, 9.17) is 0 Å². The van der Waals surface area contributed by atoms with Crippen molar-refractivity contribution in [2.45, 2.75) is 32.9 Å². The molecule has 6 heteroatoms. The number of rotatable bonds is 6. The molecule has 2 heterocycles. The van der Waals surface area contributed by atoms with Crippen molar-refractivity contribution in [3.05, 3.63) is 102 Å². The van der Waals surface area contributed by atoms with E-state index in [1.807, 2.05) is 60.4 Å². The predicted octanol–water partition coefficient (Wildman–Crippen LogP) is 5.83. The van der Waals surface area contributed by atoms with Crippen LogP contribution in [0.25, 0.3) is 10.8 Å². The van der Waals surface area contributed by atoms with Crippen LogP contribution in [0, 0.1) is 6.92 Å². The quantitative estimate of drug-likeness (QED) is 0.378. The molecule has 1 aromatic heterocycles. The topological polar surface area (TPSA) is 57.6 Å². The van der Waals surface area contributed by atoms with Crippen LogP contribution in [0.1, 0.15) is 36.2 Å². The molecular formula is C30H32N4O2. The van der Waals surface area contributed by atoms with E-state index < -0.39 is 0 Å². The summed E-state index contributed by atoms with van der Waals surface area (Å²) in [5.41, 5.74) is 4.11. The SMILES string of the molecule is CCCN(CC(=O)N1CCn2cccc2[C@@H]1c1ccc(C)cc1)C(=O)Nc1cccc2ccccc12. The molecule has 0 saturated heterocycles. The van der Waals surface area contributed by atoms with Crippen molar-refractivity contribution < 1.29 is 9.59 Å². The molecule has 1 aliphatic rings. The Morgan fingerprint density at radius 2 is 1.72 bits per heavy atom. The molecule has 3 aromatic carbocycles. The molecule has 0 aliphatic carbocycles. The maximum absolute atomic E-state index is 13.7. The molecule has 1 atom stereocenters. The molecule has 5 rings (SSSR count). The number of nitrogens with zero attached hydrogens (tertiary/aromatic N) is 3. The number of aromatic nitrogens is 1.